The fourth-order valence-electron chi connectivity index (χ4n) is 6.43. The number of nitrogens with zero attached hydrogens (tertiary/aromatic N) is 7. The molecule has 0 amide bonds. The predicted molar refractivity (Wildman–Crippen MR) is 158 cm³/mol. The molecule has 2 bridgehead atoms. The van der Waals surface area contributed by atoms with Crippen LogP contribution < -0.4 is 17.0 Å². The third-order valence-electron chi connectivity index (χ3n) is 8.38. The molecule has 3 aliphatic heterocycles. The van der Waals surface area contributed by atoms with Crippen molar-refractivity contribution in [2.24, 2.45) is 0 Å². The van der Waals surface area contributed by atoms with Gasteiger partial charge in [0.2, 0.25) is 5.95 Å². The number of ether oxygens (including phenoxy) is 3. The van der Waals surface area contributed by atoms with Gasteiger partial charge in [-0.1, -0.05) is 12.2 Å². The fraction of sp³-hybridized carbons (Fsp3) is 0.524. The largest absolute Gasteiger partial charge is 0.387 e. The van der Waals surface area contributed by atoms with Gasteiger partial charge in [-0.15, -0.1) is 0 Å². The van der Waals surface area contributed by atoms with E-state index in [-0.39, 0.29) is 41.5 Å². The molecule has 9 atom stereocenters. The van der Waals surface area contributed by atoms with Crippen molar-refractivity contribution in [1.29, 1.82) is 0 Å². The van der Waals surface area contributed by atoms with Crippen molar-refractivity contribution in [2.45, 2.75) is 54.6 Å². The Kier molecular flexibility index (Phi) is 6.78. The number of nitrogens with two attached hydrogens (primary N) is 2. The Hall–Kier alpha value is -2.66. The van der Waals surface area contributed by atoms with E-state index in [4.69, 9.17) is 39.2 Å². The summed E-state index contributed by atoms with van der Waals surface area (Å²) in [5, 5.41) is 0. The topological polar surface area (TPSA) is 272 Å². The minimum atomic E-state index is -4.42. The molecule has 4 aromatic rings. The van der Waals surface area contributed by atoms with Crippen LogP contribution >= 0.6 is 25.8 Å². The number of aromatic nitrogens is 8. The van der Waals surface area contributed by atoms with Crippen LogP contribution in [0, 0.1) is 0 Å². The normalized spacial score (nSPS) is 34.8. The molecule has 46 heavy (non-hydrogen) atoms. The van der Waals surface area contributed by atoms with Gasteiger partial charge >= 0.3 is 13.5 Å². The zero-order valence-electron chi connectivity index (χ0n) is 22.9. The van der Waals surface area contributed by atoms with Crippen LogP contribution in [-0.4, -0.2) is 97.7 Å². The van der Waals surface area contributed by atoms with Gasteiger partial charge in [0.15, 0.2) is 40.1 Å². The summed E-state index contributed by atoms with van der Waals surface area (Å²) in [7, 11) is 0. The summed E-state index contributed by atoms with van der Waals surface area (Å²) >= 11 is 8.81. The summed E-state index contributed by atoms with van der Waals surface area (Å²) in [6.45, 7) is -9.44. The maximum absolute atomic E-state index is 15.1. The molecule has 7 N–H and O–H groups in total. The number of nitrogen functional groups attached to an aromatic ring is 2. The number of rotatable bonds is 9. The summed E-state index contributed by atoms with van der Waals surface area (Å²) in [6, 6.07) is 0. The van der Waals surface area contributed by atoms with E-state index in [0.29, 0.717) is 5.65 Å². The van der Waals surface area contributed by atoms with Crippen LogP contribution in [0.5, 0.6) is 0 Å². The first-order chi connectivity index (χ1) is 21.7. The lowest BCUT2D eigenvalue weighted by molar-refractivity contribution is -0.189. The van der Waals surface area contributed by atoms with Gasteiger partial charge in [0, 0.05) is 6.42 Å². The van der Waals surface area contributed by atoms with Crippen molar-refractivity contribution in [3.8, 4) is 0 Å². The van der Waals surface area contributed by atoms with E-state index in [2.05, 4.69) is 54.0 Å². The molecule has 0 spiro atoms. The molecule has 25 heteroatoms. The maximum Gasteiger partial charge on any atom is 0.387 e. The molecule has 4 fully saturated rings. The van der Waals surface area contributed by atoms with Gasteiger partial charge in [0.05, 0.1) is 25.9 Å². The fourth-order valence-corrected chi connectivity index (χ4v) is 9.02. The van der Waals surface area contributed by atoms with Crippen molar-refractivity contribution >= 4 is 71.7 Å². The zero-order valence-corrected chi connectivity index (χ0v) is 26.4. The summed E-state index contributed by atoms with van der Waals surface area (Å²) in [5.74, 6) is -0.0373. The number of hydrogen-bond donors (Lipinski definition) is 6. The van der Waals surface area contributed by atoms with Crippen LogP contribution in [0.15, 0.2) is 23.8 Å². The Bertz CT molecular complexity index is 2060. The lowest BCUT2D eigenvalue weighted by Crippen LogP contribution is -2.42. The van der Waals surface area contributed by atoms with Gasteiger partial charge in [-0.2, -0.15) is 4.98 Å². The molecule has 8 rings (SSSR count). The van der Waals surface area contributed by atoms with E-state index in [1.54, 1.807) is 0 Å². The number of halogens is 1. The second-order valence-electron chi connectivity index (χ2n) is 11.0. The molecule has 7 heterocycles. The molecule has 0 aromatic carbocycles. The lowest BCUT2D eigenvalue weighted by Gasteiger charge is -2.33. The summed E-state index contributed by atoms with van der Waals surface area (Å²) in [5.41, 5.74) is 8.39. The van der Waals surface area contributed by atoms with Crippen molar-refractivity contribution in [3.63, 3.8) is 0 Å². The quantitative estimate of drug-likeness (QED) is 0.0968. The molecule has 4 aromatic heterocycles. The Labute approximate surface area is 265 Å². The molecule has 1 saturated carbocycles. The van der Waals surface area contributed by atoms with Gasteiger partial charge < -0.3 is 35.5 Å². The molecule has 3 saturated heterocycles. The highest BCUT2D eigenvalue weighted by Crippen LogP contribution is 2.77. The smallest absolute Gasteiger partial charge is 0.382 e. The van der Waals surface area contributed by atoms with Crippen LogP contribution in [-0.2, 0) is 44.2 Å². The number of imidazole rings is 2. The Morgan fingerprint density at radius 3 is 2.74 bits per heavy atom. The molecule has 246 valence electrons. The van der Waals surface area contributed by atoms with Crippen molar-refractivity contribution in [3.05, 3.63) is 29.3 Å². The second kappa shape index (κ2) is 10.2. The molecular weight excluding hydrogens is 697 g/mol. The van der Waals surface area contributed by atoms with Gasteiger partial charge in [0.25, 0.3) is 5.56 Å². The van der Waals surface area contributed by atoms with Crippen LogP contribution in [0.4, 0.5) is 16.2 Å². The molecule has 4 aliphatic rings. The minimum absolute atomic E-state index is 0.0135. The molecule has 1 unspecified atom stereocenters. The number of aromatic amines is 1. The predicted octanol–water partition coefficient (Wildman–Crippen LogP) is -0.166. The summed E-state index contributed by atoms with van der Waals surface area (Å²) in [6.07, 6.45) is -3.38. The number of fused-ring (bicyclic) bond motifs is 2. The van der Waals surface area contributed by atoms with E-state index in [1.807, 2.05) is 0 Å². The Balaban J connectivity index is 1.02. The summed E-state index contributed by atoms with van der Waals surface area (Å²) in [4.78, 5) is 54.8. The third kappa shape index (κ3) is 4.49. The molecular formula is C21H23FN10O10P2S2. The maximum atomic E-state index is 15.1. The van der Waals surface area contributed by atoms with Crippen molar-refractivity contribution in [2.75, 3.05) is 24.7 Å². The van der Waals surface area contributed by atoms with Gasteiger partial charge in [0.1, 0.15) is 42.6 Å². The van der Waals surface area contributed by atoms with Crippen LogP contribution in [0.3, 0.4) is 0 Å². The monoisotopic (exact) mass is 720 g/mol. The van der Waals surface area contributed by atoms with Crippen LogP contribution in [0.25, 0.3) is 22.3 Å². The van der Waals surface area contributed by atoms with E-state index >= 15 is 4.39 Å². The highest BCUT2D eigenvalue weighted by molar-refractivity contribution is 8.44. The van der Waals surface area contributed by atoms with Crippen LogP contribution in [0.2, 0.25) is 0 Å². The van der Waals surface area contributed by atoms with Gasteiger partial charge in [-0.25, -0.2) is 28.9 Å². The van der Waals surface area contributed by atoms with Crippen molar-refractivity contribution in [1.82, 2.24) is 39.0 Å². The number of hydrogen-bond acceptors (Lipinski definition) is 16. The number of nitrogens with one attached hydrogen (secondary N) is 1. The number of thiol groups is 1. The SMILES string of the molecule is Nc1nc2c(ncn2[C@H]2C[C@H](F)[C@@H](COP(=O)(S)O[C@]34[C@@H](OP(O)(O)=S)[C@]35CO[C@H]4[C@H](n3cnc4c(N)ncnc43)O5)O2)c(=O)[nH]1. The van der Waals surface area contributed by atoms with Gasteiger partial charge in [-0.05, 0) is 11.8 Å². The average Bonchev–Trinajstić information content (AvgIpc) is 3.64. The number of alkyl halides is 1. The van der Waals surface area contributed by atoms with E-state index < -0.39 is 73.8 Å². The first-order valence-corrected chi connectivity index (χ1v) is 18.7. The van der Waals surface area contributed by atoms with E-state index in [0.717, 1.165) is 0 Å². The zero-order chi connectivity index (χ0) is 32.4. The third-order valence-corrected chi connectivity index (χ3v) is 10.7. The van der Waals surface area contributed by atoms with Crippen LogP contribution in [0.1, 0.15) is 18.9 Å². The average molecular weight is 721 g/mol. The molecule has 20 nitrogen and oxygen atoms in total. The first kappa shape index (κ1) is 30.7. The molecule has 1 aliphatic carbocycles. The molecule has 0 radical (unpaired) electrons. The lowest BCUT2D eigenvalue weighted by atomic mass is 10.1. The second-order valence-corrected chi connectivity index (χ2v) is 16.5. The van der Waals surface area contributed by atoms with Gasteiger partial charge in [-0.3, -0.25) is 32.5 Å². The number of H-pyrrole nitrogens is 1. The van der Waals surface area contributed by atoms with Crippen molar-refractivity contribution < 1.29 is 46.5 Å². The highest BCUT2D eigenvalue weighted by atomic mass is 32.7. The minimum Gasteiger partial charge on any atom is -0.382 e. The Morgan fingerprint density at radius 1 is 1.20 bits per heavy atom. The van der Waals surface area contributed by atoms with E-state index in [1.165, 1.54) is 28.1 Å². The first-order valence-electron chi connectivity index (χ1n) is 13.4. The standard InChI is InChI=1S/C21H23FN10O10P2S2/c22-7-1-9(31-5-28-11-15(31)29-19(24)30-16(11)33)39-8(7)2-38-44(36,46)42-21-12-17(32-6-27-10-13(23)25-4-26-14(10)32)40-20(21,3-37-12)18(21)41-43(34,35)45/h4-9,12,17-18H,1-3H2,(H,36,46)(H2,23,25,26)(H2,34,35,45)(H3,24,29,30,33)/t7-,8+,9+,12-,17+,18-,20+,21+,44?/m0/s1. The summed E-state index contributed by atoms with van der Waals surface area (Å²) < 4.78 is 66.5. The Morgan fingerprint density at radius 2 is 1.96 bits per heavy atom. The highest BCUT2D eigenvalue weighted by Gasteiger charge is 2.95. The van der Waals surface area contributed by atoms with E-state index in [9.17, 15) is 19.1 Å². The number of anilines is 2.